The minimum absolute atomic E-state index is 0.0314. The van der Waals surface area contributed by atoms with E-state index >= 15 is 0 Å². The quantitative estimate of drug-likeness (QED) is 0.249. The van der Waals surface area contributed by atoms with Gasteiger partial charge in [-0.05, 0) is 49.2 Å². The average molecular weight is 637 g/mol. The fourth-order valence-electron chi connectivity index (χ4n) is 4.36. The molecule has 1 N–H and O–H groups in total. The first kappa shape index (κ1) is 33.0. The van der Waals surface area contributed by atoms with Gasteiger partial charge in [0, 0.05) is 34.8 Å². The zero-order valence-corrected chi connectivity index (χ0v) is 26.3. The van der Waals surface area contributed by atoms with Gasteiger partial charge in [-0.2, -0.15) is 0 Å². The Labute approximate surface area is 257 Å². The molecule has 0 radical (unpaired) electrons. The molecule has 0 aliphatic carbocycles. The van der Waals surface area contributed by atoms with Gasteiger partial charge in [0.1, 0.15) is 24.1 Å². The molecular weight excluding hydrogens is 601 g/mol. The molecule has 1 atom stereocenters. The van der Waals surface area contributed by atoms with E-state index in [2.05, 4.69) is 5.32 Å². The number of nitrogens with one attached hydrogen (secondary N) is 1. The van der Waals surface area contributed by atoms with Crippen LogP contribution in [0.1, 0.15) is 32.3 Å². The molecule has 1 unspecified atom stereocenters. The number of hydrogen-bond acceptors (Lipinski definition) is 6. The van der Waals surface area contributed by atoms with Crippen molar-refractivity contribution >= 4 is 50.7 Å². The van der Waals surface area contributed by atoms with E-state index in [0.29, 0.717) is 34.3 Å². The number of halogens is 2. The molecule has 0 aromatic heterocycles. The minimum Gasteiger partial charge on any atom is -0.497 e. The number of ether oxygens (including phenoxy) is 2. The zero-order chi connectivity index (χ0) is 30.9. The molecule has 0 heterocycles. The van der Waals surface area contributed by atoms with Gasteiger partial charge in [-0.3, -0.25) is 13.9 Å². The van der Waals surface area contributed by atoms with E-state index in [1.165, 1.54) is 37.3 Å². The monoisotopic (exact) mass is 635 g/mol. The lowest BCUT2D eigenvalue weighted by molar-refractivity contribution is -0.140. The fraction of sp³-hybridized carbons (Fsp3) is 0.333. The molecule has 3 rings (SSSR count). The highest BCUT2D eigenvalue weighted by atomic mass is 35.5. The van der Waals surface area contributed by atoms with Crippen LogP contribution in [0, 0.1) is 0 Å². The summed E-state index contributed by atoms with van der Waals surface area (Å²) in [5.41, 5.74) is 0.528. The van der Waals surface area contributed by atoms with Gasteiger partial charge in [-0.25, -0.2) is 8.42 Å². The van der Waals surface area contributed by atoms with Crippen LogP contribution in [-0.4, -0.2) is 58.5 Å². The van der Waals surface area contributed by atoms with Gasteiger partial charge in [-0.1, -0.05) is 61.3 Å². The summed E-state index contributed by atoms with van der Waals surface area (Å²) in [6.07, 6.45) is 0.961. The first-order valence-corrected chi connectivity index (χ1v) is 15.6. The molecule has 12 heteroatoms. The Kier molecular flexibility index (Phi) is 11.9. The Bertz CT molecular complexity index is 1470. The summed E-state index contributed by atoms with van der Waals surface area (Å²) in [6.45, 7) is 3.33. The summed E-state index contributed by atoms with van der Waals surface area (Å²) < 4.78 is 40.0. The lowest BCUT2D eigenvalue weighted by atomic mass is 10.1. The topological polar surface area (TPSA) is 105 Å². The summed E-state index contributed by atoms with van der Waals surface area (Å²) in [5.74, 6) is -0.450. The maximum atomic E-state index is 14.2. The van der Waals surface area contributed by atoms with E-state index in [1.807, 2.05) is 6.92 Å². The number of hydrogen-bond donors (Lipinski definition) is 1. The summed E-state index contributed by atoms with van der Waals surface area (Å²) in [6, 6.07) is 16.4. The number of carbonyl (C=O) groups is 2. The highest BCUT2D eigenvalue weighted by Gasteiger charge is 2.35. The second-order valence-electron chi connectivity index (χ2n) is 9.30. The summed E-state index contributed by atoms with van der Waals surface area (Å²) >= 11 is 12.9. The lowest BCUT2D eigenvalue weighted by Gasteiger charge is -2.34. The Balaban J connectivity index is 2.17. The molecular formula is C30H35Cl2N3O6S. The Morgan fingerprint density at radius 3 is 2.17 bits per heavy atom. The van der Waals surface area contributed by atoms with Crippen LogP contribution in [0.4, 0.5) is 5.69 Å². The predicted octanol–water partition coefficient (Wildman–Crippen LogP) is 5.54. The molecule has 3 aromatic rings. The maximum Gasteiger partial charge on any atom is 0.264 e. The van der Waals surface area contributed by atoms with Crippen LogP contribution in [0.3, 0.4) is 0 Å². The molecule has 42 heavy (non-hydrogen) atoms. The highest BCUT2D eigenvalue weighted by Crippen LogP contribution is 2.36. The van der Waals surface area contributed by atoms with Crippen LogP contribution < -0.4 is 19.1 Å². The fourth-order valence-corrected chi connectivity index (χ4v) is 6.32. The molecule has 0 aliphatic rings. The molecule has 0 fully saturated rings. The molecule has 0 spiro atoms. The van der Waals surface area contributed by atoms with Crippen molar-refractivity contribution in [1.29, 1.82) is 0 Å². The molecule has 0 saturated carbocycles. The molecule has 226 valence electrons. The Hall–Kier alpha value is -3.47. The molecule has 3 aromatic carbocycles. The zero-order valence-electron chi connectivity index (χ0n) is 24.0. The van der Waals surface area contributed by atoms with Crippen molar-refractivity contribution in [2.24, 2.45) is 0 Å². The van der Waals surface area contributed by atoms with Crippen LogP contribution >= 0.6 is 23.2 Å². The summed E-state index contributed by atoms with van der Waals surface area (Å²) in [7, 11) is -1.45. The molecule has 0 saturated heterocycles. The van der Waals surface area contributed by atoms with Gasteiger partial charge in [-0.15, -0.1) is 0 Å². The summed E-state index contributed by atoms with van der Waals surface area (Å²) in [4.78, 5) is 28.8. The maximum absolute atomic E-state index is 14.2. The van der Waals surface area contributed by atoms with Crippen molar-refractivity contribution in [2.45, 2.75) is 44.2 Å². The van der Waals surface area contributed by atoms with Gasteiger partial charge in [0.2, 0.25) is 11.8 Å². The highest BCUT2D eigenvalue weighted by molar-refractivity contribution is 7.92. The van der Waals surface area contributed by atoms with Gasteiger partial charge in [0.25, 0.3) is 10.0 Å². The second kappa shape index (κ2) is 15.1. The minimum atomic E-state index is -4.30. The van der Waals surface area contributed by atoms with E-state index in [1.54, 1.807) is 55.5 Å². The van der Waals surface area contributed by atoms with E-state index in [-0.39, 0.29) is 35.2 Å². The van der Waals surface area contributed by atoms with Gasteiger partial charge in [0.05, 0.1) is 24.8 Å². The average Bonchev–Trinajstić information content (AvgIpc) is 2.99. The number of methoxy groups -OCH3 is 2. The lowest BCUT2D eigenvalue weighted by Crippen LogP contribution is -2.52. The third-order valence-electron chi connectivity index (χ3n) is 6.59. The number of carbonyl (C=O) groups excluding carboxylic acids is 2. The first-order valence-electron chi connectivity index (χ1n) is 13.4. The predicted molar refractivity (Wildman–Crippen MR) is 165 cm³/mol. The van der Waals surface area contributed by atoms with E-state index < -0.39 is 28.5 Å². The van der Waals surface area contributed by atoms with Gasteiger partial charge >= 0.3 is 0 Å². The molecule has 0 aliphatic heterocycles. The molecule has 2 amide bonds. The van der Waals surface area contributed by atoms with Crippen LogP contribution in [-0.2, 0) is 26.2 Å². The number of benzene rings is 3. The van der Waals surface area contributed by atoms with Crippen molar-refractivity contribution in [3.63, 3.8) is 0 Å². The second-order valence-corrected chi connectivity index (χ2v) is 12.0. The van der Waals surface area contributed by atoms with E-state index in [9.17, 15) is 18.0 Å². The standard InChI is InChI=1S/C30H35Cl2N3O6S/c1-5-17-33-30(37)26(6-2)34(19-23-24(31)13-10-14-25(23)32)29(36)20-35(42(38,39)22-11-8-7-9-12-22)27-18-21(40-3)15-16-28(27)41-4/h7-16,18,26H,5-6,17,19-20H2,1-4H3,(H,33,37). The van der Waals surface area contributed by atoms with Crippen molar-refractivity contribution in [1.82, 2.24) is 10.2 Å². The third-order valence-corrected chi connectivity index (χ3v) is 9.07. The van der Waals surface area contributed by atoms with Crippen molar-refractivity contribution in [2.75, 3.05) is 31.6 Å². The largest absolute Gasteiger partial charge is 0.497 e. The molecule has 0 bridgehead atoms. The normalized spacial score (nSPS) is 11.9. The van der Waals surface area contributed by atoms with Crippen LogP contribution in [0.5, 0.6) is 11.5 Å². The van der Waals surface area contributed by atoms with E-state index in [0.717, 1.165) is 4.31 Å². The van der Waals surface area contributed by atoms with Crippen LogP contribution in [0.15, 0.2) is 71.6 Å². The third kappa shape index (κ3) is 7.67. The number of nitrogens with zero attached hydrogens (tertiary/aromatic N) is 2. The van der Waals surface area contributed by atoms with Crippen molar-refractivity contribution in [3.8, 4) is 11.5 Å². The summed E-state index contributed by atoms with van der Waals surface area (Å²) in [5, 5.41) is 3.47. The smallest absolute Gasteiger partial charge is 0.264 e. The van der Waals surface area contributed by atoms with Gasteiger partial charge in [0.15, 0.2) is 0 Å². The van der Waals surface area contributed by atoms with Crippen molar-refractivity contribution < 1.29 is 27.5 Å². The number of anilines is 1. The number of sulfonamides is 1. The number of amides is 2. The Morgan fingerprint density at radius 1 is 0.929 bits per heavy atom. The number of rotatable bonds is 14. The van der Waals surface area contributed by atoms with Crippen LogP contribution in [0.2, 0.25) is 10.0 Å². The van der Waals surface area contributed by atoms with Crippen molar-refractivity contribution in [3.05, 3.63) is 82.3 Å². The Morgan fingerprint density at radius 2 is 1.60 bits per heavy atom. The first-order chi connectivity index (χ1) is 20.1. The van der Waals surface area contributed by atoms with Gasteiger partial charge < -0.3 is 19.7 Å². The van der Waals surface area contributed by atoms with E-state index in [4.69, 9.17) is 32.7 Å². The molecule has 9 nitrogen and oxygen atoms in total. The van der Waals surface area contributed by atoms with Crippen LogP contribution in [0.25, 0.3) is 0 Å². The SMILES string of the molecule is CCCNC(=O)C(CC)N(Cc1c(Cl)cccc1Cl)C(=O)CN(c1cc(OC)ccc1OC)S(=O)(=O)c1ccccc1.